The maximum atomic E-state index is 9.58. The molecule has 0 aromatic carbocycles. The van der Waals surface area contributed by atoms with Crippen LogP contribution < -0.4 is 0 Å². The molecule has 1 heterocycles. The molecule has 1 aromatic heterocycles. The smallest absolute Gasteiger partial charge is 0.0738 e. The molecule has 1 aliphatic rings. The van der Waals surface area contributed by atoms with Crippen LogP contribution in [0.5, 0.6) is 0 Å². The third kappa shape index (κ3) is 2.47. The summed E-state index contributed by atoms with van der Waals surface area (Å²) in [5, 5.41) is 14.0. The fourth-order valence-electron chi connectivity index (χ4n) is 2.84. The van der Waals surface area contributed by atoms with E-state index in [1.807, 2.05) is 18.7 Å². The van der Waals surface area contributed by atoms with E-state index in [-0.39, 0.29) is 5.41 Å². The molecule has 1 saturated carbocycles. The highest BCUT2D eigenvalue weighted by Crippen LogP contribution is 2.42. The monoisotopic (exact) mass is 309 g/mol. The number of hydrogen-bond donors (Lipinski definition) is 0. The Bertz CT molecular complexity index is 476. The Morgan fingerprint density at radius 2 is 2.11 bits per heavy atom. The van der Waals surface area contributed by atoms with Gasteiger partial charge >= 0.3 is 0 Å². The standard InChI is InChI=1S/C14H20BrN3/c1-10-4-6-14(9-16,7-5-10)8-12-13(15)11(2)17-18(12)3/h10H,4-8H2,1-3H3. The molecule has 0 unspecified atom stereocenters. The van der Waals surface area contributed by atoms with E-state index in [1.54, 1.807) is 0 Å². The van der Waals surface area contributed by atoms with Crippen molar-refractivity contribution in [3.8, 4) is 6.07 Å². The number of nitriles is 1. The second-order valence-electron chi connectivity index (χ2n) is 5.72. The first-order valence-corrected chi connectivity index (χ1v) is 7.36. The van der Waals surface area contributed by atoms with Crippen LogP contribution in [0.3, 0.4) is 0 Å². The van der Waals surface area contributed by atoms with Crippen LogP contribution in [0.25, 0.3) is 0 Å². The number of rotatable bonds is 2. The average molecular weight is 310 g/mol. The molecule has 1 aliphatic carbocycles. The first kappa shape index (κ1) is 13.6. The molecule has 18 heavy (non-hydrogen) atoms. The lowest BCUT2D eigenvalue weighted by atomic mass is 9.69. The van der Waals surface area contributed by atoms with Gasteiger partial charge in [0.2, 0.25) is 0 Å². The lowest BCUT2D eigenvalue weighted by Gasteiger charge is -2.33. The van der Waals surface area contributed by atoms with Crippen molar-refractivity contribution >= 4 is 15.9 Å². The summed E-state index contributed by atoms with van der Waals surface area (Å²) in [6.45, 7) is 4.28. The van der Waals surface area contributed by atoms with Gasteiger partial charge in [-0.25, -0.2) is 0 Å². The SMILES string of the molecule is Cc1nn(C)c(CC2(C#N)CCC(C)CC2)c1Br. The fourth-order valence-corrected chi connectivity index (χ4v) is 3.31. The van der Waals surface area contributed by atoms with E-state index in [9.17, 15) is 5.26 Å². The third-order valence-corrected chi connectivity index (χ3v) is 5.27. The highest BCUT2D eigenvalue weighted by atomic mass is 79.9. The number of halogens is 1. The minimum atomic E-state index is -0.185. The van der Waals surface area contributed by atoms with Crippen molar-refractivity contribution in [2.24, 2.45) is 18.4 Å². The first-order chi connectivity index (χ1) is 8.47. The Hall–Kier alpha value is -0.820. The predicted octanol–water partition coefficient (Wildman–Crippen LogP) is 3.75. The molecule has 2 rings (SSSR count). The molecule has 0 atom stereocenters. The van der Waals surface area contributed by atoms with Gasteiger partial charge in [-0.1, -0.05) is 6.92 Å². The molecule has 0 saturated heterocycles. The van der Waals surface area contributed by atoms with Crippen LogP contribution in [0.1, 0.15) is 44.0 Å². The number of aryl methyl sites for hydroxylation is 2. The van der Waals surface area contributed by atoms with Gasteiger partial charge in [0.1, 0.15) is 0 Å². The second-order valence-corrected chi connectivity index (χ2v) is 6.51. The maximum Gasteiger partial charge on any atom is 0.0738 e. The largest absolute Gasteiger partial charge is 0.271 e. The molecule has 0 N–H and O–H groups in total. The fraction of sp³-hybridized carbons (Fsp3) is 0.714. The van der Waals surface area contributed by atoms with Gasteiger partial charge in [-0.3, -0.25) is 4.68 Å². The minimum absolute atomic E-state index is 0.185. The molecule has 1 aromatic rings. The van der Waals surface area contributed by atoms with E-state index in [0.717, 1.165) is 41.0 Å². The van der Waals surface area contributed by atoms with Crippen molar-refractivity contribution in [2.75, 3.05) is 0 Å². The predicted molar refractivity (Wildman–Crippen MR) is 75.0 cm³/mol. The van der Waals surface area contributed by atoms with Crippen LogP contribution in [0.4, 0.5) is 0 Å². The Kier molecular flexibility index (Phi) is 3.82. The molecule has 0 spiro atoms. The first-order valence-electron chi connectivity index (χ1n) is 6.57. The van der Waals surface area contributed by atoms with Crippen molar-refractivity contribution < 1.29 is 0 Å². The third-order valence-electron chi connectivity index (χ3n) is 4.24. The topological polar surface area (TPSA) is 41.6 Å². The zero-order valence-electron chi connectivity index (χ0n) is 11.3. The summed E-state index contributed by atoms with van der Waals surface area (Å²) in [7, 11) is 1.96. The van der Waals surface area contributed by atoms with Crippen LogP contribution in [0.2, 0.25) is 0 Å². The van der Waals surface area contributed by atoms with Crippen LogP contribution in [0.15, 0.2) is 4.47 Å². The average Bonchev–Trinajstić information content (AvgIpc) is 2.59. The van der Waals surface area contributed by atoms with E-state index in [1.165, 1.54) is 12.8 Å². The van der Waals surface area contributed by atoms with Crippen LogP contribution in [-0.2, 0) is 13.5 Å². The van der Waals surface area contributed by atoms with Crippen LogP contribution in [-0.4, -0.2) is 9.78 Å². The maximum absolute atomic E-state index is 9.58. The van der Waals surface area contributed by atoms with Crippen molar-refractivity contribution in [3.63, 3.8) is 0 Å². The minimum Gasteiger partial charge on any atom is -0.271 e. The van der Waals surface area contributed by atoms with E-state index in [4.69, 9.17) is 0 Å². The zero-order valence-corrected chi connectivity index (χ0v) is 12.9. The molecular weight excluding hydrogens is 290 g/mol. The lowest BCUT2D eigenvalue weighted by Crippen LogP contribution is -2.28. The van der Waals surface area contributed by atoms with Crippen molar-refractivity contribution in [2.45, 2.75) is 46.0 Å². The molecule has 98 valence electrons. The summed E-state index contributed by atoms with van der Waals surface area (Å²) in [5.41, 5.74) is 1.98. The Labute approximate surface area is 117 Å². The Morgan fingerprint density at radius 3 is 2.56 bits per heavy atom. The van der Waals surface area contributed by atoms with Crippen LogP contribution in [0, 0.1) is 29.6 Å². The van der Waals surface area contributed by atoms with Crippen molar-refractivity contribution in [3.05, 3.63) is 15.9 Å². The molecule has 0 radical (unpaired) electrons. The molecule has 0 amide bonds. The van der Waals surface area contributed by atoms with Gasteiger partial charge in [0.25, 0.3) is 0 Å². The Morgan fingerprint density at radius 1 is 1.50 bits per heavy atom. The van der Waals surface area contributed by atoms with Gasteiger partial charge in [-0.2, -0.15) is 10.4 Å². The summed E-state index contributed by atoms with van der Waals surface area (Å²) >= 11 is 3.60. The molecule has 1 fully saturated rings. The lowest BCUT2D eigenvalue weighted by molar-refractivity contribution is 0.215. The highest BCUT2D eigenvalue weighted by molar-refractivity contribution is 9.10. The quantitative estimate of drug-likeness (QED) is 0.834. The number of hydrogen-bond acceptors (Lipinski definition) is 2. The van der Waals surface area contributed by atoms with Gasteiger partial charge < -0.3 is 0 Å². The number of nitrogens with zero attached hydrogens (tertiary/aromatic N) is 3. The summed E-state index contributed by atoms with van der Waals surface area (Å²) in [5.74, 6) is 0.767. The molecular formula is C14H20BrN3. The number of aromatic nitrogens is 2. The van der Waals surface area contributed by atoms with E-state index in [0.29, 0.717) is 0 Å². The summed E-state index contributed by atoms with van der Waals surface area (Å²) in [6.07, 6.45) is 5.18. The van der Waals surface area contributed by atoms with E-state index < -0.39 is 0 Å². The molecule has 0 bridgehead atoms. The van der Waals surface area contributed by atoms with Crippen molar-refractivity contribution in [1.29, 1.82) is 5.26 Å². The van der Waals surface area contributed by atoms with E-state index >= 15 is 0 Å². The van der Waals surface area contributed by atoms with Crippen LogP contribution >= 0.6 is 15.9 Å². The van der Waals surface area contributed by atoms with Crippen molar-refractivity contribution in [1.82, 2.24) is 9.78 Å². The summed E-state index contributed by atoms with van der Waals surface area (Å²) in [4.78, 5) is 0. The molecule has 4 heteroatoms. The van der Waals surface area contributed by atoms with Gasteiger partial charge in [0, 0.05) is 13.5 Å². The van der Waals surface area contributed by atoms with Gasteiger partial charge in [-0.15, -0.1) is 0 Å². The Balaban J connectivity index is 2.23. The van der Waals surface area contributed by atoms with Gasteiger partial charge in [-0.05, 0) is 54.5 Å². The van der Waals surface area contributed by atoms with Gasteiger partial charge in [0.05, 0.1) is 27.3 Å². The summed E-state index contributed by atoms with van der Waals surface area (Å²) < 4.78 is 2.98. The molecule has 0 aliphatic heterocycles. The van der Waals surface area contributed by atoms with Gasteiger partial charge in [0.15, 0.2) is 0 Å². The molecule has 3 nitrogen and oxygen atoms in total. The van der Waals surface area contributed by atoms with E-state index in [2.05, 4.69) is 34.0 Å². The zero-order chi connectivity index (χ0) is 13.3. The second kappa shape index (κ2) is 5.05. The summed E-state index contributed by atoms with van der Waals surface area (Å²) in [6, 6.07) is 2.59. The normalized spacial score (nSPS) is 28.1. The highest BCUT2D eigenvalue weighted by Gasteiger charge is 2.36.